The van der Waals surface area contributed by atoms with Gasteiger partial charge < -0.3 is 14.6 Å². The minimum Gasteiger partial charge on any atom is -0.456 e. The van der Waals surface area contributed by atoms with Crippen molar-refractivity contribution in [1.29, 1.82) is 0 Å². The van der Waals surface area contributed by atoms with Crippen molar-refractivity contribution in [2.24, 2.45) is 4.99 Å². The molecular formula is C49H37N3O. The van der Waals surface area contributed by atoms with Crippen LogP contribution in [0.2, 0.25) is 0 Å². The molecule has 1 aromatic heterocycles. The number of anilines is 3. The van der Waals surface area contributed by atoms with Crippen molar-refractivity contribution in [3.63, 3.8) is 0 Å². The Labute approximate surface area is 310 Å². The molecule has 0 bridgehead atoms. The van der Waals surface area contributed by atoms with Crippen LogP contribution in [0.15, 0.2) is 185 Å². The molecule has 2 aliphatic heterocycles. The minimum atomic E-state index is 0.230. The Balaban J connectivity index is 1.06. The van der Waals surface area contributed by atoms with Gasteiger partial charge in [0, 0.05) is 46.7 Å². The number of fused-ring (bicyclic) bond motifs is 4. The fourth-order valence-electron chi connectivity index (χ4n) is 7.20. The molecule has 4 heteroatoms. The molecular weight excluding hydrogens is 647 g/mol. The first-order valence-electron chi connectivity index (χ1n) is 18.1. The van der Waals surface area contributed by atoms with Crippen molar-refractivity contribution in [3.8, 4) is 23.0 Å². The van der Waals surface area contributed by atoms with E-state index in [4.69, 9.17) is 4.42 Å². The highest BCUT2D eigenvalue weighted by molar-refractivity contribution is 6.10. The predicted molar refractivity (Wildman–Crippen MR) is 223 cm³/mol. The van der Waals surface area contributed by atoms with E-state index in [9.17, 15) is 0 Å². The van der Waals surface area contributed by atoms with Crippen LogP contribution in [0.1, 0.15) is 24.5 Å². The first-order chi connectivity index (χ1) is 26.2. The molecule has 1 unspecified atom stereocenters. The molecule has 1 atom stereocenters. The second kappa shape index (κ2) is 14.1. The van der Waals surface area contributed by atoms with E-state index in [-0.39, 0.29) is 6.04 Å². The molecule has 1 N–H and O–H groups in total. The normalized spacial score (nSPS) is 18.6. The van der Waals surface area contributed by atoms with Gasteiger partial charge in [-0.3, -0.25) is 4.99 Å². The Morgan fingerprint density at radius 2 is 1.40 bits per heavy atom. The first-order valence-corrected chi connectivity index (χ1v) is 18.1. The third-order valence-corrected chi connectivity index (χ3v) is 9.99. The summed E-state index contributed by atoms with van der Waals surface area (Å²) in [7, 11) is 0. The molecule has 9 rings (SSSR count). The van der Waals surface area contributed by atoms with Gasteiger partial charge in [-0.05, 0) is 113 Å². The molecule has 3 aliphatic rings. The van der Waals surface area contributed by atoms with E-state index >= 15 is 0 Å². The maximum Gasteiger partial charge on any atom is 0.135 e. The molecule has 6 aromatic rings. The van der Waals surface area contributed by atoms with E-state index in [2.05, 4.69) is 174 Å². The Morgan fingerprint density at radius 3 is 2.17 bits per heavy atom. The monoisotopic (exact) mass is 683 g/mol. The van der Waals surface area contributed by atoms with Gasteiger partial charge in [0.25, 0.3) is 0 Å². The van der Waals surface area contributed by atoms with E-state index in [1.807, 2.05) is 30.5 Å². The fourth-order valence-corrected chi connectivity index (χ4v) is 7.20. The topological polar surface area (TPSA) is 40.8 Å². The fraction of sp³-hybridized carbons (Fsp3) is 0.0816. The molecule has 53 heavy (non-hydrogen) atoms. The van der Waals surface area contributed by atoms with Crippen LogP contribution in [0, 0.1) is 11.8 Å². The minimum absolute atomic E-state index is 0.230. The number of hydrogen-bond donors (Lipinski definition) is 1. The number of nitrogens with zero attached hydrogens (tertiary/aromatic N) is 2. The lowest BCUT2D eigenvalue weighted by atomic mass is 9.92. The van der Waals surface area contributed by atoms with Crippen LogP contribution >= 0.6 is 0 Å². The molecule has 0 amide bonds. The maximum atomic E-state index is 6.09. The lowest BCUT2D eigenvalue weighted by Crippen LogP contribution is -2.28. The third kappa shape index (κ3) is 6.57. The molecule has 3 heterocycles. The van der Waals surface area contributed by atoms with Crippen LogP contribution in [-0.2, 0) is 0 Å². The SMILES string of the molecule is CC1=CC2NC=C(c3ccc(N(c4ccc(C5=C/CC#C/C=C\C/N=C\5)cc4)c4ccc(-c5ccc6oc7ccccc7c6c5)cc4)cc3)C=C2C=C1. The smallest absolute Gasteiger partial charge is 0.135 e. The van der Waals surface area contributed by atoms with Crippen LogP contribution in [0.25, 0.3) is 44.2 Å². The zero-order chi connectivity index (χ0) is 35.6. The zero-order valence-corrected chi connectivity index (χ0v) is 29.5. The lowest BCUT2D eigenvalue weighted by molar-refractivity contribution is 0.669. The summed E-state index contributed by atoms with van der Waals surface area (Å²) in [6.07, 6.45) is 19.7. The van der Waals surface area contributed by atoms with Gasteiger partial charge >= 0.3 is 0 Å². The quantitative estimate of drug-likeness (QED) is 0.178. The number of rotatable bonds is 6. The Bertz CT molecular complexity index is 2630. The van der Waals surface area contributed by atoms with E-state index in [1.54, 1.807) is 0 Å². The van der Waals surface area contributed by atoms with Gasteiger partial charge in [0.2, 0.25) is 0 Å². The summed E-state index contributed by atoms with van der Waals surface area (Å²) in [6, 6.07) is 41.3. The van der Waals surface area contributed by atoms with Gasteiger partial charge in [-0.1, -0.05) is 108 Å². The number of para-hydroxylation sites is 1. The number of benzene rings is 5. The average Bonchev–Trinajstić information content (AvgIpc) is 3.59. The average molecular weight is 684 g/mol. The van der Waals surface area contributed by atoms with Gasteiger partial charge in [0.05, 0.1) is 12.6 Å². The summed E-state index contributed by atoms with van der Waals surface area (Å²) in [5, 5.41) is 5.83. The number of hydrogen-bond acceptors (Lipinski definition) is 4. The van der Waals surface area contributed by atoms with Crippen molar-refractivity contribution in [1.82, 2.24) is 5.32 Å². The second-order valence-corrected chi connectivity index (χ2v) is 13.5. The van der Waals surface area contributed by atoms with Crippen LogP contribution in [0.4, 0.5) is 17.1 Å². The van der Waals surface area contributed by atoms with Crippen LogP contribution in [0.3, 0.4) is 0 Å². The Kier molecular flexibility index (Phi) is 8.52. The molecule has 0 spiro atoms. The van der Waals surface area contributed by atoms with Crippen LogP contribution < -0.4 is 10.2 Å². The number of nitrogens with one attached hydrogen (secondary N) is 1. The predicted octanol–water partition coefficient (Wildman–Crippen LogP) is 11.9. The van der Waals surface area contributed by atoms with Crippen molar-refractivity contribution in [2.45, 2.75) is 19.4 Å². The molecule has 0 saturated heterocycles. The summed E-state index contributed by atoms with van der Waals surface area (Å²) in [6.45, 7) is 2.76. The number of aliphatic imine (C=N–C) groups is 1. The molecule has 4 nitrogen and oxygen atoms in total. The van der Waals surface area contributed by atoms with E-state index in [0.29, 0.717) is 13.0 Å². The Morgan fingerprint density at radius 1 is 0.717 bits per heavy atom. The number of dihydropyridines is 1. The van der Waals surface area contributed by atoms with Crippen LogP contribution in [0.5, 0.6) is 0 Å². The van der Waals surface area contributed by atoms with Crippen molar-refractivity contribution >= 4 is 56.4 Å². The van der Waals surface area contributed by atoms with Gasteiger partial charge in [-0.15, -0.1) is 0 Å². The maximum absolute atomic E-state index is 6.09. The molecule has 5 aromatic carbocycles. The lowest BCUT2D eigenvalue weighted by Gasteiger charge is -2.27. The van der Waals surface area contributed by atoms with Crippen LogP contribution in [-0.4, -0.2) is 18.8 Å². The standard InChI is InChI=1S/C49H37N3O/c1-34-12-13-39-30-41(33-51-47(39)29-34)37-18-25-44(26-19-37)52(43-23-16-36(17-24-43)40-9-5-3-2-4-8-28-50-32-40)42-21-14-35(15-22-42)38-20-27-49-46(31-38)45-10-6-7-11-48(45)53-49/h4,6-27,29-33,47,51H,5,28H2,1H3/b8-4-,40-9+,50-32-. The van der Waals surface area contributed by atoms with Crippen molar-refractivity contribution < 1.29 is 4.42 Å². The molecule has 0 fully saturated rings. The van der Waals surface area contributed by atoms with Gasteiger partial charge in [0.1, 0.15) is 11.2 Å². The first kappa shape index (κ1) is 32.1. The third-order valence-electron chi connectivity index (χ3n) is 9.99. The number of allylic oxidation sites excluding steroid dienone is 7. The summed E-state index contributed by atoms with van der Waals surface area (Å²) >= 11 is 0. The van der Waals surface area contributed by atoms with E-state index in [0.717, 1.165) is 61.3 Å². The van der Waals surface area contributed by atoms with E-state index in [1.165, 1.54) is 22.3 Å². The highest BCUT2D eigenvalue weighted by Crippen LogP contribution is 2.38. The van der Waals surface area contributed by atoms with Crippen molar-refractivity contribution in [2.75, 3.05) is 11.4 Å². The number of furan rings is 1. The van der Waals surface area contributed by atoms with Gasteiger partial charge in [-0.2, -0.15) is 0 Å². The highest BCUT2D eigenvalue weighted by Gasteiger charge is 2.18. The molecule has 1 aliphatic carbocycles. The summed E-state index contributed by atoms with van der Waals surface area (Å²) < 4.78 is 6.09. The molecule has 254 valence electrons. The highest BCUT2D eigenvalue weighted by atomic mass is 16.3. The second-order valence-electron chi connectivity index (χ2n) is 13.5. The summed E-state index contributed by atoms with van der Waals surface area (Å²) in [5.41, 5.74) is 14.4. The van der Waals surface area contributed by atoms with Gasteiger partial charge in [0.15, 0.2) is 0 Å². The Hall–Kier alpha value is -6.83. The molecule has 0 saturated carbocycles. The summed E-state index contributed by atoms with van der Waals surface area (Å²) in [4.78, 5) is 6.91. The summed E-state index contributed by atoms with van der Waals surface area (Å²) in [5.74, 6) is 6.28. The van der Waals surface area contributed by atoms with E-state index < -0.39 is 0 Å². The molecule has 0 radical (unpaired) electrons. The zero-order valence-electron chi connectivity index (χ0n) is 29.5. The van der Waals surface area contributed by atoms with Crippen molar-refractivity contribution in [3.05, 3.63) is 186 Å². The van der Waals surface area contributed by atoms with Gasteiger partial charge in [-0.25, -0.2) is 0 Å². The largest absolute Gasteiger partial charge is 0.456 e.